The smallest absolute Gasteiger partial charge is 0.273 e. The first-order valence-corrected chi connectivity index (χ1v) is 9.93. The van der Waals surface area contributed by atoms with Crippen molar-refractivity contribution in [1.29, 1.82) is 0 Å². The van der Waals surface area contributed by atoms with E-state index < -0.39 is 29.0 Å². The Morgan fingerprint density at radius 2 is 1.88 bits per heavy atom. The normalized spacial score (nSPS) is 15.7. The van der Waals surface area contributed by atoms with Gasteiger partial charge in [0.05, 0.1) is 12.6 Å². The molecule has 4 rings (SSSR count). The van der Waals surface area contributed by atoms with Gasteiger partial charge in [-0.15, -0.1) is 0 Å². The summed E-state index contributed by atoms with van der Waals surface area (Å²) in [4.78, 5) is 29.9. The van der Waals surface area contributed by atoms with Gasteiger partial charge in [0.1, 0.15) is 17.2 Å². The summed E-state index contributed by atoms with van der Waals surface area (Å²) in [6.45, 7) is 0.497. The molecule has 32 heavy (non-hydrogen) atoms. The number of carbonyl (C=O) groups is 2. The summed E-state index contributed by atoms with van der Waals surface area (Å²) in [5.41, 5.74) is 5.35. The Hall–Kier alpha value is -3.79. The molecule has 4 N–H and O–H groups in total. The summed E-state index contributed by atoms with van der Waals surface area (Å²) in [5, 5.41) is 12.2. The predicted molar refractivity (Wildman–Crippen MR) is 111 cm³/mol. The zero-order valence-corrected chi connectivity index (χ0v) is 16.8. The lowest BCUT2D eigenvalue weighted by Crippen LogP contribution is -2.37. The van der Waals surface area contributed by atoms with E-state index in [1.54, 1.807) is 29.2 Å². The van der Waals surface area contributed by atoms with E-state index in [0.717, 1.165) is 25.0 Å². The van der Waals surface area contributed by atoms with Crippen molar-refractivity contribution in [1.82, 2.24) is 9.88 Å². The zero-order chi connectivity index (χ0) is 22.8. The Kier molecular flexibility index (Phi) is 5.87. The standard InChI is InChI=1S/C22H20F2N4O4/c23-15-4-1-5-16(24)17(15)20-27-18(19(25)30)21(32-20)26-13-8-6-12(7-9-13)22(31)28-10-2-3-14(28)11-29/h1,4-9,14,26,29H,2-3,10-11H2,(H2,25,30)/t14-/m1/s1. The van der Waals surface area contributed by atoms with E-state index >= 15 is 0 Å². The lowest BCUT2D eigenvalue weighted by atomic mass is 10.1. The summed E-state index contributed by atoms with van der Waals surface area (Å²) in [6, 6.07) is 9.39. The van der Waals surface area contributed by atoms with Crippen LogP contribution in [0.3, 0.4) is 0 Å². The number of rotatable bonds is 6. The van der Waals surface area contributed by atoms with Gasteiger partial charge in [-0.3, -0.25) is 9.59 Å². The van der Waals surface area contributed by atoms with Gasteiger partial charge in [0.2, 0.25) is 11.8 Å². The number of carbonyl (C=O) groups excluding carboxylic acids is 2. The largest absolute Gasteiger partial charge is 0.419 e. The molecule has 2 aromatic carbocycles. The molecule has 3 aromatic rings. The first-order valence-electron chi connectivity index (χ1n) is 9.93. The van der Waals surface area contributed by atoms with Crippen molar-refractivity contribution >= 4 is 23.4 Å². The molecule has 1 atom stereocenters. The number of nitrogens with two attached hydrogens (primary N) is 1. The number of benzene rings is 2. The number of nitrogens with zero attached hydrogens (tertiary/aromatic N) is 2. The van der Waals surface area contributed by atoms with Gasteiger partial charge in [-0.25, -0.2) is 13.8 Å². The van der Waals surface area contributed by atoms with Gasteiger partial charge in [-0.05, 0) is 49.2 Å². The maximum Gasteiger partial charge on any atom is 0.273 e. The third-order valence-electron chi connectivity index (χ3n) is 5.28. The molecular formula is C22H20F2N4O4. The number of oxazole rings is 1. The first-order chi connectivity index (χ1) is 15.4. The number of nitrogens with one attached hydrogen (secondary N) is 1. The molecule has 166 valence electrons. The molecule has 2 amide bonds. The van der Waals surface area contributed by atoms with E-state index in [-0.39, 0.29) is 30.1 Å². The minimum Gasteiger partial charge on any atom is -0.419 e. The van der Waals surface area contributed by atoms with E-state index in [2.05, 4.69) is 10.3 Å². The molecular weight excluding hydrogens is 422 g/mol. The predicted octanol–water partition coefficient (Wildman–Crippen LogP) is 3.06. The van der Waals surface area contributed by atoms with Crippen LogP contribution >= 0.6 is 0 Å². The van der Waals surface area contributed by atoms with E-state index in [1.165, 1.54) is 6.07 Å². The van der Waals surface area contributed by atoms with Crippen LogP contribution in [0.25, 0.3) is 11.5 Å². The third kappa shape index (κ3) is 4.04. The summed E-state index contributed by atoms with van der Waals surface area (Å²) in [5.74, 6) is -3.57. The van der Waals surface area contributed by atoms with E-state index in [1.807, 2.05) is 0 Å². The second-order valence-electron chi connectivity index (χ2n) is 7.34. The average molecular weight is 442 g/mol. The van der Waals surface area contributed by atoms with Crippen LogP contribution < -0.4 is 11.1 Å². The Labute approximate surface area is 181 Å². The number of aromatic nitrogens is 1. The maximum absolute atomic E-state index is 14.1. The molecule has 0 radical (unpaired) electrons. The minimum atomic E-state index is -0.949. The average Bonchev–Trinajstić information content (AvgIpc) is 3.41. The molecule has 0 spiro atoms. The number of halogens is 2. The molecule has 0 unspecified atom stereocenters. The molecule has 1 fully saturated rings. The van der Waals surface area contributed by atoms with Crippen molar-refractivity contribution in [3.8, 4) is 11.5 Å². The van der Waals surface area contributed by atoms with Crippen LogP contribution in [0.1, 0.15) is 33.7 Å². The van der Waals surface area contributed by atoms with Crippen molar-refractivity contribution in [2.75, 3.05) is 18.5 Å². The van der Waals surface area contributed by atoms with Gasteiger partial charge in [0.15, 0.2) is 5.69 Å². The van der Waals surface area contributed by atoms with Crippen LogP contribution in [0.5, 0.6) is 0 Å². The highest BCUT2D eigenvalue weighted by atomic mass is 19.1. The molecule has 2 heterocycles. The Morgan fingerprint density at radius 1 is 1.19 bits per heavy atom. The lowest BCUT2D eigenvalue weighted by molar-refractivity contribution is 0.0677. The van der Waals surface area contributed by atoms with Crippen LogP contribution in [0.4, 0.5) is 20.4 Å². The molecule has 0 saturated carbocycles. The lowest BCUT2D eigenvalue weighted by Gasteiger charge is -2.23. The quantitative estimate of drug-likeness (QED) is 0.539. The fraction of sp³-hybridized carbons (Fsp3) is 0.227. The Morgan fingerprint density at radius 3 is 2.50 bits per heavy atom. The molecule has 0 aliphatic carbocycles. The first kappa shape index (κ1) is 21.4. The summed E-state index contributed by atoms with van der Waals surface area (Å²) >= 11 is 0. The highest BCUT2D eigenvalue weighted by Crippen LogP contribution is 2.31. The van der Waals surface area contributed by atoms with Gasteiger partial charge < -0.3 is 25.5 Å². The van der Waals surface area contributed by atoms with Crippen LogP contribution in [0.2, 0.25) is 0 Å². The molecule has 10 heteroatoms. The molecule has 1 saturated heterocycles. The van der Waals surface area contributed by atoms with Crippen molar-refractivity contribution < 1.29 is 27.9 Å². The van der Waals surface area contributed by atoms with Crippen molar-refractivity contribution in [2.45, 2.75) is 18.9 Å². The molecule has 1 aliphatic heterocycles. The van der Waals surface area contributed by atoms with Crippen LogP contribution in [-0.2, 0) is 0 Å². The van der Waals surface area contributed by atoms with E-state index in [0.29, 0.717) is 17.8 Å². The number of hydrogen-bond donors (Lipinski definition) is 3. The monoisotopic (exact) mass is 442 g/mol. The van der Waals surface area contributed by atoms with Gasteiger partial charge >= 0.3 is 0 Å². The zero-order valence-electron chi connectivity index (χ0n) is 16.8. The topological polar surface area (TPSA) is 122 Å². The number of primary amides is 1. The van der Waals surface area contributed by atoms with E-state index in [9.17, 15) is 23.5 Å². The molecule has 8 nitrogen and oxygen atoms in total. The molecule has 1 aliphatic rings. The summed E-state index contributed by atoms with van der Waals surface area (Å²) in [7, 11) is 0. The van der Waals surface area contributed by atoms with Crippen LogP contribution in [0.15, 0.2) is 46.9 Å². The summed E-state index contributed by atoms with van der Waals surface area (Å²) < 4.78 is 33.6. The SMILES string of the molecule is NC(=O)c1nc(-c2c(F)cccc2F)oc1Nc1ccc(C(=O)N2CCC[C@@H]2CO)cc1. The number of anilines is 2. The van der Waals surface area contributed by atoms with Crippen LogP contribution in [0, 0.1) is 11.6 Å². The fourth-order valence-electron chi connectivity index (χ4n) is 3.67. The number of aliphatic hydroxyl groups excluding tert-OH is 1. The minimum absolute atomic E-state index is 0.0856. The van der Waals surface area contributed by atoms with Crippen molar-refractivity contribution in [3.05, 3.63) is 65.4 Å². The van der Waals surface area contributed by atoms with Gasteiger partial charge in [-0.1, -0.05) is 6.07 Å². The van der Waals surface area contributed by atoms with E-state index in [4.69, 9.17) is 10.2 Å². The Balaban J connectivity index is 1.58. The molecule has 1 aromatic heterocycles. The number of amides is 2. The number of aliphatic hydroxyl groups is 1. The second kappa shape index (κ2) is 8.75. The van der Waals surface area contributed by atoms with Crippen molar-refractivity contribution in [3.63, 3.8) is 0 Å². The molecule has 0 bridgehead atoms. The Bertz CT molecular complexity index is 1140. The van der Waals surface area contributed by atoms with Gasteiger partial charge in [0.25, 0.3) is 11.8 Å². The fourth-order valence-corrected chi connectivity index (χ4v) is 3.67. The third-order valence-corrected chi connectivity index (χ3v) is 5.28. The highest BCUT2D eigenvalue weighted by Gasteiger charge is 2.29. The van der Waals surface area contributed by atoms with Crippen molar-refractivity contribution in [2.24, 2.45) is 5.73 Å². The number of likely N-dealkylation sites (tertiary alicyclic amines) is 1. The second-order valence-corrected chi connectivity index (χ2v) is 7.34. The maximum atomic E-state index is 14.1. The van der Waals surface area contributed by atoms with Gasteiger partial charge in [-0.2, -0.15) is 0 Å². The summed E-state index contributed by atoms with van der Waals surface area (Å²) in [6.07, 6.45) is 1.59. The van der Waals surface area contributed by atoms with Gasteiger partial charge in [0, 0.05) is 17.8 Å². The number of hydrogen-bond acceptors (Lipinski definition) is 6. The highest BCUT2D eigenvalue weighted by molar-refractivity contribution is 5.97. The van der Waals surface area contributed by atoms with Crippen LogP contribution in [-0.4, -0.2) is 46.0 Å².